The van der Waals surface area contributed by atoms with Gasteiger partial charge < -0.3 is 14.4 Å². The average molecular weight is 519 g/mol. The first kappa shape index (κ1) is 24.8. The van der Waals surface area contributed by atoms with E-state index in [0.29, 0.717) is 24.7 Å². The Morgan fingerprint density at radius 1 is 0.971 bits per heavy atom. The molecule has 1 unspecified atom stereocenters. The van der Waals surface area contributed by atoms with Crippen LogP contribution in [-0.4, -0.2) is 71.8 Å². The van der Waals surface area contributed by atoms with E-state index < -0.39 is 16.1 Å². The molecule has 1 atom stereocenters. The molecule has 2 aromatic rings. The van der Waals surface area contributed by atoms with Crippen molar-refractivity contribution in [2.24, 2.45) is 0 Å². The van der Waals surface area contributed by atoms with Crippen LogP contribution in [0.4, 0.5) is 0 Å². The lowest BCUT2D eigenvalue weighted by atomic mass is 9.99. The van der Waals surface area contributed by atoms with Gasteiger partial charge in [0.25, 0.3) is 0 Å². The average Bonchev–Trinajstić information content (AvgIpc) is 3.34. The monoisotopic (exact) mass is 518 g/mol. The molecule has 2 fully saturated rings. The van der Waals surface area contributed by atoms with Gasteiger partial charge in [-0.3, -0.25) is 4.79 Å². The predicted octanol–water partition coefficient (Wildman–Crippen LogP) is 4.06. The van der Waals surface area contributed by atoms with Gasteiger partial charge in [0, 0.05) is 50.5 Å². The molecule has 2 saturated heterocycles. The second-order valence-electron chi connectivity index (χ2n) is 10.1. The Balaban J connectivity index is 1.34. The van der Waals surface area contributed by atoms with Crippen molar-refractivity contribution >= 4 is 27.5 Å². The molecule has 0 aliphatic carbocycles. The molecule has 3 aliphatic heterocycles. The fourth-order valence-electron chi connectivity index (χ4n) is 6.06. The van der Waals surface area contributed by atoms with Crippen LogP contribution in [0.2, 0.25) is 5.02 Å². The maximum Gasteiger partial charge on any atom is 0.245 e. The van der Waals surface area contributed by atoms with Gasteiger partial charge >= 0.3 is 0 Å². The number of sulfonamides is 1. The summed E-state index contributed by atoms with van der Waals surface area (Å²) >= 11 is 6.38. The van der Waals surface area contributed by atoms with Crippen LogP contribution in [0.5, 0.6) is 0 Å². The summed E-state index contributed by atoms with van der Waals surface area (Å²) in [6.07, 6.45) is 7.96. The standard InChI is InChI=1S/C26H35ClN4O3S/c1-20-7-5-8-22(27)26(20)35(33,34)31-18-17-29-14-6-9-23(29)24(31)19-25(32)30-15-10-21(11-16-30)28-12-3-2-4-13-28/h5-9,14,21,24H,2-4,10-13,15-19H2,1H3. The largest absolute Gasteiger partial charge is 0.349 e. The number of rotatable bonds is 5. The number of amides is 1. The van der Waals surface area contributed by atoms with Crippen molar-refractivity contribution in [3.8, 4) is 0 Å². The number of hydrogen-bond donors (Lipinski definition) is 0. The van der Waals surface area contributed by atoms with Gasteiger partial charge in [-0.05, 0) is 69.5 Å². The van der Waals surface area contributed by atoms with Gasteiger partial charge in [-0.15, -0.1) is 0 Å². The number of carbonyl (C=O) groups is 1. The van der Waals surface area contributed by atoms with Crippen LogP contribution in [0.15, 0.2) is 41.4 Å². The van der Waals surface area contributed by atoms with Gasteiger partial charge in [0.15, 0.2) is 0 Å². The molecule has 0 N–H and O–H groups in total. The number of benzene rings is 1. The molecule has 7 nitrogen and oxygen atoms in total. The minimum atomic E-state index is -3.88. The van der Waals surface area contributed by atoms with Gasteiger partial charge in [0.05, 0.1) is 11.1 Å². The van der Waals surface area contributed by atoms with E-state index in [2.05, 4.69) is 9.47 Å². The van der Waals surface area contributed by atoms with E-state index in [1.54, 1.807) is 25.1 Å². The fourth-order valence-corrected chi connectivity index (χ4v) is 8.43. The first-order valence-corrected chi connectivity index (χ1v) is 14.6. The van der Waals surface area contributed by atoms with Gasteiger partial charge in [-0.2, -0.15) is 4.31 Å². The molecule has 9 heteroatoms. The lowest BCUT2D eigenvalue weighted by Crippen LogP contribution is -2.49. The van der Waals surface area contributed by atoms with Crippen LogP contribution in [-0.2, 0) is 21.4 Å². The summed E-state index contributed by atoms with van der Waals surface area (Å²) in [5, 5.41) is 0.218. The van der Waals surface area contributed by atoms with Crippen LogP contribution < -0.4 is 0 Å². The van der Waals surface area contributed by atoms with Crippen LogP contribution in [0.25, 0.3) is 0 Å². The molecule has 0 spiro atoms. The molecule has 0 radical (unpaired) electrons. The molecule has 3 aliphatic rings. The molecule has 0 bridgehead atoms. The molecule has 1 amide bonds. The topological polar surface area (TPSA) is 65.9 Å². The summed E-state index contributed by atoms with van der Waals surface area (Å²) in [5.41, 5.74) is 1.48. The van der Waals surface area contributed by atoms with E-state index in [1.807, 2.05) is 23.2 Å². The Kier molecular flexibility index (Phi) is 7.26. The summed E-state index contributed by atoms with van der Waals surface area (Å²) in [6, 6.07) is 9.00. The molecular formula is C26H35ClN4O3S. The summed E-state index contributed by atoms with van der Waals surface area (Å²) < 4.78 is 31.3. The second-order valence-corrected chi connectivity index (χ2v) is 12.3. The number of piperidine rings is 2. The number of fused-ring (bicyclic) bond motifs is 1. The zero-order valence-corrected chi connectivity index (χ0v) is 22.0. The van der Waals surface area contributed by atoms with Crippen molar-refractivity contribution in [3.05, 3.63) is 52.8 Å². The number of likely N-dealkylation sites (tertiary alicyclic amines) is 2. The Morgan fingerprint density at radius 3 is 2.43 bits per heavy atom. The number of carbonyl (C=O) groups excluding carboxylic acids is 1. The maximum atomic E-state index is 13.8. The number of hydrogen-bond acceptors (Lipinski definition) is 4. The highest BCUT2D eigenvalue weighted by Crippen LogP contribution is 2.37. The van der Waals surface area contributed by atoms with Crippen molar-refractivity contribution in [1.82, 2.24) is 18.7 Å². The zero-order chi connectivity index (χ0) is 24.6. The first-order valence-electron chi connectivity index (χ1n) is 12.8. The van der Waals surface area contributed by atoms with Crippen molar-refractivity contribution in [1.29, 1.82) is 0 Å². The molecule has 5 rings (SSSR count). The number of aromatic nitrogens is 1. The number of aryl methyl sites for hydroxylation is 1. The van der Waals surface area contributed by atoms with E-state index in [9.17, 15) is 13.2 Å². The molecule has 4 heterocycles. The summed E-state index contributed by atoms with van der Waals surface area (Å²) in [7, 11) is -3.88. The Labute approximate surface area is 213 Å². The van der Waals surface area contributed by atoms with E-state index >= 15 is 0 Å². The van der Waals surface area contributed by atoms with Crippen LogP contribution >= 0.6 is 11.6 Å². The fraction of sp³-hybridized carbons (Fsp3) is 0.577. The lowest BCUT2D eigenvalue weighted by Gasteiger charge is -2.41. The van der Waals surface area contributed by atoms with Crippen molar-refractivity contribution in [2.45, 2.75) is 69.0 Å². The van der Waals surface area contributed by atoms with Crippen LogP contribution in [0.1, 0.15) is 55.8 Å². The Hall–Kier alpha value is -1.87. The van der Waals surface area contributed by atoms with E-state index in [4.69, 9.17) is 11.6 Å². The molecule has 1 aromatic heterocycles. The highest BCUT2D eigenvalue weighted by atomic mass is 35.5. The van der Waals surface area contributed by atoms with Crippen LogP contribution in [0.3, 0.4) is 0 Å². The Bertz CT molecular complexity index is 1150. The van der Waals surface area contributed by atoms with Crippen molar-refractivity contribution in [2.75, 3.05) is 32.7 Å². The maximum absolute atomic E-state index is 13.8. The van der Waals surface area contributed by atoms with E-state index in [-0.39, 0.29) is 22.2 Å². The van der Waals surface area contributed by atoms with Crippen molar-refractivity contribution in [3.63, 3.8) is 0 Å². The molecule has 35 heavy (non-hydrogen) atoms. The van der Waals surface area contributed by atoms with Gasteiger partial charge in [0.2, 0.25) is 15.9 Å². The summed E-state index contributed by atoms with van der Waals surface area (Å²) in [6.45, 7) is 6.45. The SMILES string of the molecule is Cc1cccc(Cl)c1S(=O)(=O)N1CCn2cccc2C1CC(=O)N1CCC(N2CCCCC2)CC1. The summed E-state index contributed by atoms with van der Waals surface area (Å²) in [5.74, 6) is 0.0258. The van der Waals surface area contributed by atoms with Gasteiger partial charge in [-0.1, -0.05) is 30.2 Å². The van der Waals surface area contributed by atoms with E-state index in [1.165, 1.54) is 36.7 Å². The predicted molar refractivity (Wildman–Crippen MR) is 137 cm³/mol. The third kappa shape index (κ3) is 4.90. The summed E-state index contributed by atoms with van der Waals surface area (Å²) in [4.78, 5) is 18.2. The third-order valence-electron chi connectivity index (χ3n) is 7.94. The van der Waals surface area contributed by atoms with E-state index in [0.717, 1.165) is 31.6 Å². The van der Waals surface area contributed by atoms with Crippen LogP contribution in [0, 0.1) is 6.92 Å². The molecule has 190 valence electrons. The first-order chi connectivity index (χ1) is 16.9. The zero-order valence-electron chi connectivity index (χ0n) is 20.4. The smallest absolute Gasteiger partial charge is 0.245 e. The quantitative estimate of drug-likeness (QED) is 0.598. The van der Waals surface area contributed by atoms with Gasteiger partial charge in [-0.25, -0.2) is 8.42 Å². The van der Waals surface area contributed by atoms with Crippen molar-refractivity contribution < 1.29 is 13.2 Å². The normalized spacial score (nSPS) is 22.8. The third-order valence-corrected chi connectivity index (χ3v) is 10.5. The van der Waals surface area contributed by atoms with Gasteiger partial charge in [0.1, 0.15) is 4.90 Å². The second kappa shape index (κ2) is 10.2. The molecular weight excluding hydrogens is 484 g/mol. The molecule has 0 saturated carbocycles. The number of halogens is 1. The lowest BCUT2D eigenvalue weighted by molar-refractivity contribution is -0.134. The Morgan fingerprint density at radius 2 is 1.71 bits per heavy atom. The highest BCUT2D eigenvalue weighted by Gasteiger charge is 2.40. The minimum Gasteiger partial charge on any atom is -0.349 e. The number of nitrogens with zero attached hydrogens (tertiary/aromatic N) is 4. The minimum absolute atomic E-state index is 0.0258. The molecule has 1 aromatic carbocycles. The highest BCUT2D eigenvalue weighted by molar-refractivity contribution is 7.89.